The number of ether oxygens (including phenoxy) is 3. The summed E-state index contributed by atoms with van der Waals surface area (Å²) in [5.41, 5.74) is 1.63. The molecule has 0 radical (unpaired) electrons. The molecule has 0 saturated carbocycles. The summed E-state index contributed by atoms with van der Waals surface area (Å²) in [7, 11) is 1.48. The summed E-state index contributed by atoms with van der Waals surface area (Å²) in [6.07, 6.45) is 2.01. The lowest BCUT2D eigenvalue weighted by atomic mass is 10.0. The molecule has 0 aliphatic rings. The largest absolute Gasteiger partial charge is 0.493 e. The van der Waals surface area contributed by atoms with E-state index >= 15 is 0 Å². The average molecular weight is 474 g/mol. The molecule has 0 aliphatic carbocycles. The van der Waals surface area contributed by atoms with E-state index in [2.05, 4.69) is 18.8 Å². The molecule has 2 aromatic rings. The number of methoxy groups -OCH3 is 1. The number of rotatable bonds is 12. The van der Waals surface area contributed by atoms with E-state index in [0.717, 1.165) is 11.1 Å². The Labute approximate surface area is 200 Å². The number of esters is 1. The van der Waals surface area contributed by atoms with Crippen LogP contribution < -0.4 is 9.47 Å². The number of aliphatic imine (C=N–C) groups is 1. The van der Waals surface area contributed by atoms with Crippen LogP contribution in [0.4, 0.5) is 0 Å². The third-order valence-electron chi connectivity index (χ3n) is 4.58. The van der Waals surface area contributed by atoms with Crippen LogP contribution in [0.3, 0.4) is 0 Å². The molecule has 2 aromatic carbocycles. The van der Waals surface area contributed by atoms with Gasteiger partial charge in [0.15, 0.2) is 5.78 Å². The van der Waals surface area contributed by atoms with Gasteiger partial charge in [0.2, 0.25) is 0 Å². The first-order valence-corrected chi connectivity index (χ1v) is 11.3. The number of carbonyl (C=O) groups is 2. The van der Waals surface area contributed by atoms with E-state index in [-0.39, 0.29) is 24.3 Å². The first-order valence-electron chi connectivity index (χ1n) is 11.0. The molecule has 0 spiro atoms. The molecule has 0 aliphatic heterocycles. The molecule has 0 N–H and O–H groups in total. The number of Topliss-reactive ketones (excluding diaryl/α,β-unsaturated/α-hetero) is 1. The second-order valence-corrected chi connectivity index (χ2v) is 8.98. The molecule has 178 valence electrons. The average Bonchev–Trinajstić information content (AvgIpc) is 2.76. The molecule has 0 fully saturated rings. The van der Waals surface area contributed by atoms with E-state index in [4.69, 9.17) is 25.8 Å². The summed E-state index contributed by atoms with van der Waals surface area (Å²) >= 11 is 6.23. The molecule has 0 heterocycles. The van der Waals surface area contributed by atoms with Crippen LogP contribution in [0.25, 0.3) is 0 Å². The lowest BCUT2D eigenvalue weighted by molar-refractivity contribution is -0.137. The minimum Gasteiger partial charge on any atom is -0.493 e. The van der Waals surface area contributed by atoms with Crippen molar-refractivity contribution in [3.8, 4) is 11.5 Å². The van der Waals surface area contributed by atoms with Gasteiger partial charge in [0.1, 0.15) is 24.1 Å². The molecule has 6 nitrogen and oxygen atoms in total. The van der Waals surface area contributed by atoms with Crippen molar-refractivity contribution in [1.29, 1.82) is 0 Å². The lowest BCUT2D eigenvalue weighted by Gasteiger charge is -2.13. The molecule has 0 bridgehead atoms. The van der Waals surface area contributed by atoms with Crippen LogP contribution in [-0.4, -0.2) is 44.3 Å². The van der Waals surface area contributed by atoms with Crippen LogP contribution in [0.2, 0.25) is 5.02 Å². The van der Waals surface area contributed by atoms with Crippen molar-refractivity contribution in [2.24, 2.45) is 16.8 Å². The normalized spacial score (nSPS) is 12.4. The number of ketones is 1. The fourth-order valence-corrected chi connectivity index (χ4v) is 3.05. The van der Waals surface area contributed by atoms with Crippen molar-refractivity contribution in [2.45, 2.75) is 40.2 Å². The maximum atomic E-state index is 12.6. The van der Waals surface area contributed by atoms with Crippen molar-refractivity contribution < 1.29 is 23.8 Å². The first kappa shape index (κ1) is 26.6. The Kier molecular flexibility index (Phi) is 10.6. The van der Waals surface area contributed by atoms with Gasteiger partial charge in [-0.25, -0.2) is 0 Å². The first-order chi connectivity index (χ1) is 15.7. The minimum atomic E-state index is -0.631. The smallest absolute Gasteiger partial charge is 0.313 e. The van der Waals surface area contributed by atoms with E-state index in [1.807, 2.05) is 18.2 Å². The Morgan fingerprint density at radius 1 is 1.03 bits per heavy atom. The predicted octanol–water partition coefficient (Wildman–Crippen LogP) is 5.18. The fourth-order valence-electron chi connectivity index (χ4n) is 2.82. The maximum Gasteiger partial charge on any atom is 0.313 e. The molecule has 0 aromatic heterocycles. The molecular formula is C26H32ClNO5. The number of nitrogens with zero attached hydrogens (tertiary/aromatic N) is 1. The zero-order chi connectivity index (χ0) is 24.4. The topological polar surface area (TPSA) is 74.2 Å². The van der Waals surface area contributed by atoms with Gasteiger partial charge < -0.3 is 14.2 Å². The molecule has 1 unspecified atom stereocenters. The van der Waals surface area contributed by atoms with Crippen LogP contribution in [-0.2, 0) is 20.7 Å². The Balaban J connectivity index is 2.16. The Bertz CT molecular complexity index is 954. The summed E-state index contributed by atoms with van der Waals surface area (Å²) in [4.78, 5) is 28.9. The standard InChI is InChI=1S/C26H32ClNO5/c1-17(2)15-32-23-11-20(10-21(27)13-23)14-28-24(25(29)16-31-5)12-19-6-8-22(9-7-19)33-26(30)18(3)4/h6-11,13-14,17-18,24H,12,15-16H2,1-5H3. The van der Waals surface area contributed by atoms with E-state index in [1.54, 1.807) is 44.3 Å². The highest BCUT2D eigenvalue weighted by Crippen LogP contribution is 2.21. The van der Waals surface area contributed by atoms with Gasteiger partial charge in [0, 0.05) is 24.8 Å². The Hall–Kier alpha value is -2.70. The summed E-state index contributed by atoms with van der Waals surface area (Å²) in [5, 5.41) is 0.531. The highest BCUT2D eigenvalue weighted by molar-refractivity contribution is 6.31. The number of hydrogen-bond acceptors (Lipinski definition) is 6. The van der Waals surface area contributed by atoms with Gasteiger partial charge >= 0.3 is 5.97 Å². The van der Waals surface area contributed by atoms with Crippen LogP contribution >= 0.6 is 11.6 Å². The summed E-state index contributed by atoms with van der Waals surface area (Å²) < 4.78 is 16.1. The molecular weight excluding hydrogens is 442 g/mol. The minimum absolute atomic E-state index is 0.0373. The van der Waals surface area contributed by atoms with E-state index in [0.29, 0.717) is 35.5 Å². The monoisotopic (exact) mass is 473 g/mol. The number of carbonyl (C=O) groups excluding carboxylic acids is 2. The highest BCUT2D eigenvalue weighted by atomic mass is 35.5. The Morgan fingerprint density at radius 2 is 1.73 bits per heavy atom. The summed E-state index contributed by atoms with van der Waals surface area (Å²) in [6.45, 7) is 8.23. The van der Waals surface area contributed by atoms with Crippen molar-refractivity contribution in [2.75, 3.05) is 20.3 Å². The molecule has 33 heavy (non-hydrogen) atoms. The molecule has 1 atom stereocenters. The maximum absolute atomic E-state index is 12.6. The lowest BCUT2D eigenvalue weighted by Crippen LogP contribution is -2.25. The van der Waals surface area contributed by atoms with E-state index in [9.17, 15) is 9.59 Å². The molecule has 0 amide bonds. The summed E-state index contributed by atoms with van der Waals surface area (Å²) in [5.74, 6) is 0.869. The quantitative estimate of drug-likeness (QED) is 0.241. The van der Waals surface area contributed by atoms with Crippen LogP contribution in [0.1, 0.15) is 38.8 Å². The number of halogens is 1. The fraction of sp³-hybridized carbons (Fsp3) is 0.423. The highest BCUT2D eigenvalue weighted by Gasteiger charge is 2.18. The van der Waals surface area contributed by atoms with Crippen molar-refractivity contribution >= 4 is 29.6 Å². The third-order valence-corrected chi connectivity index (χ3v) is 4.80. The number of benzene rings is 2. The zero-order valence-corrected chi connectivity index (χ0v) is 20.6. The second-order valence-electron chi connectivity index (χ2n) is 8.54. The molecule has 0 saturated heterocycles. The number of hydrogen-bond donors (Lipinski definition) is 0. The third kappa shape index (κ3) is 9.36. The van der Waals surface area contributed by atoms with Gasteiger partial charge in [-0.3, -0.25) is 14.6 Å². The zero-order valence-electron chi connectivity index (χ0n) is 19.8. The van der Waals surface area contributed by atoms with Gasteiger partial charge in [-0.2, -0.15) is 0 Å². The Morgan fingerprint density at radius 3 is 2.33 bits per heavy atom. The van der Waals surface area contributed by atoms with Crippen molar-refractivity contribution in [1.82, 2.24) is 0 Å². The van der Waals surface area contributed by atoms with Crippen molar-refractivity contribution in [3.63, 3.8) is 0 Å². The van der Waals surface area contributed by atoms with Gasteiger partial charge in [0.05, 0.1) is 12.5 Å². The molecule has 2 rings (SSSR count). The van der Waals surface area contributed by atoms with E-state index in [1.165, 1.54) is 7.11 Å². The van der Waals surface area contributed by atoms with Gasteiger partial charge in [-0.05, 0) is 47.4 Å². The van der Waals surface area contributed by atoms with Crippen LogP contribution in [0.5, 0.6) is 11.5 Å². The second kappa shape index (κ2) is 13.1. The van der Waals surface area contributed by atoms with Crippen LogP contribution in [0, 0.1) is 11.8 Å². The molecule has 7 heteroatoms. The summed E-state index contributed by atoms with van der Waals surface area (Å²) in [6, 6.07) is 11.8. The predicted molar refractivity (Wildman–Crippen MR) is 131 cm³/mol. The SMILES string of the molecule is COCC(=O)C(Cc1ccc(OC(=O)C(C)C)cc1)N=Cc1cc(Cl)cc(OCC(C)C)c1. The van der Waals surface area contributed by atoms with Gasteiger partial charge in [-0.1, -0.05) is 51.4 Å². The van der Waals surface area contributed by atoms with Gasteiger partial charge in [-0.15, -0.1) is 0 Å². The van der Waals surface area contributed by atoms with Crippen LogP contribution in [0.15, 0.2) is 47.5 Å². The van der Waals surface area contributed by atoms with Crippen molar-refractivity contribution in [3.05, 3.63) is 58.6 Å². The van der Waals surface area contributed by atoms with E-state index < -0.39 is 6.04 Å². The van der Waals surface area contributed by atoms with Gasteiger partial charge in [0.25, 0.3) is 0 Å².